The van der Waals surface area contributed by atoms with Gasteiger partial charge in [-0.2, -0.15) is 0 Å². The molecule has 2 aromatic rings. The van der Waals surface area contributed by atoms with Gasteiger partial charge in [0.2, 0.25) is 0 Å². The van der Waals surface area contributed by atoms with Gasteiger partial charge in [0.15, 0.2) is 0 Å². The predicted octanol–water partition coefficient (Wildman–Crippen LogP) is 3.97. The highest BCUT2D eigenvalue weighted by atomic mass is 19.1. The maximum atomic E-state index is 13.4. The Morgan fingerprint density at radius 1 is 1.17 bits per heavy atom. The predicted molar refractivity (Wildman–Crippen MR) is 119 cm³/mol. The summed E-state index contributed by atoms with van der Waals surface area (Å²) < 4.78 is 18.8. The van der Waals surface area contributed by atoms with Gasteiger partial charge in [-0.05, 0) is 73.7 Å². The number of likely N-dealkylation sites (tertiary alicyclic amines) is 1. The molecule has 0 unspecified atom stereocenters. The first-order valence-electron chi connectivity index (χ1n) is 11.2. The lowest BCUT2D eigenvalue weighted by molar-refractivity contribution is 0.133. The van der Waals surface area contributed by atoms with E-state index in [1.807, 2.05) is 18.2 Å². The van der Waals surface area contributed by atoms with Gasteiger partial charge in [-0.1, -0.05) is 31.2 Å². The quantitative estimate of drug-likeness (QED) is 0.604. The van der Waals surface area contributed by atoms with Crippen LogP contribution in [0.5, 0.6) is 5.75 Å². The second-order valence-electron chi connectivity index (χ2n) is 8.23. The maximum Gasteiger partial charge on any atom is 0.123 e. The zero-order valence-electron chi connectivity index (χ0n) is 18.1. The van der Waals surface area contributed by atoms with Crippen LogP contribution in [0.4, 0.5) is 4.39 Å². The van der Waals surface area contributed by atoms with Crippen LogP contribution in [-0.4, -0.2) is 60.8 Å². The molecule has 4 nitrogen and oxygen atoms in total. The first kappa shape index (κ1) is 22.7. The van der Waals surface area contributed by atoms with Gasteiger partial charge in [0, 0.05) is 26.2 Å². The Bertz CT molecular complexity index is 753. The van der Waals surface area contributed by atoms with Gasteiger partial charge < -0.3 is 14.7 Å². The van der Waals surface area contributed by atoms with Gasteiger partial charge in [0.25, 0.3) is 0 Å². The standard InChI is InChI=1S/C25H35FN2O2/c1-2-27(18-22-8-10-25(11-9-22)30-16-15-29)19-23-6-4-13-28(20-23)14-12-21-5-3-7-24(26)17-21/h3,5,7-11,17,23,29H,2,4,6,12-16,18-20H2,1H3/t23-/m1/s1. The Morgan fingerprint density at radius 2 is 2.00 bits per heavy atom. The van der Waals surface area contributed by atoms with Crippen molar-refractivity contribution in [2.24, 2.45) is 5.92 Å². The molecule has 0 bridgehead atoms. The number of aliphatic hydroxyl groups is 1. The highest BCUT2D eigenvalue weighted by Gasteiger charge is 2.21. The fourth-order valence-corrected chi connectivity index (χ4v) is 4.27. The summed E-state index contributed by atoms with van der Waals surface area (Å²) in [6.07, 6.45) is 3.43. The number of piperidine rings is 1. The van der Waals surface area contributed by atoms with E-state index in [-0.39, 0.29) is 12.4 Å². The zero-order chi connectivity index (χ0) is 21.2. The van der Waals surface area contributed by atoms with Gasteiger partial charge in [-0.3, -0.25) is 4.90 Å². The molecule has 1 fully saturated rings. The molecule has 1 saturated heterocycles. The fourth-order valence-electron chi connectivity index (χ4n) is 4.27. The third kappa shape index (κ3) is 7.38. The number of hydrogen-bond donors (Lipinski definition) is 1. The summed E-state index contributed by atoms with van der Waals surface area (Å²) in [6.45, 7) is 8.94. The molecule has 5 heteroatoms. The lowest BCUT2D eigenvalue weighted by Crippen LogP contribution is -2.41. The normalized spacial score (nSPS) is 17.4. The summed E-state index contributed by atoms with van der Waals surface area (Å²) in [5.74, 6) is 1.34. The molecule has 1 aliphatic rings. The van der Waals surface area contributed by atoms with Crippen LogP contribution in [0.15, 0.2) is 48.5 Å². The zero-order valence-corrected chi connectivity index (χ0v) is 18.1. The van der Waals surface area contributed by atoms with Crippen molar-refractivity contribution in [3.63, 3.8) is 0 Å². The topological polar surface area (TPSA) is 35.9 Å². The molecule has 1 atom stereocenters. The number of aliphatic hydroxyl groups excluding tert-OH is 1. The molecule has 164 valence electrons. The number of rotatable bonds is 11. The Kier molecular flexibility index (Phi) is 9.12. The molecular formula is C25H35FN2O2. The summed E-state index contributed by atoms with van der Waals surface area (Å²) in [5.41, 5.74) is 2.37. The van der Waals surface area contributed by atoms with Crippen LogP contribution in [0.1, 0.15) is 30.9 Å². The molecule has 0 radical (unpaired) electrons. The number of hydrogen-bond acceptors (Lipinski definition) is 4. The van der Waals surface area contributed by atoms with E-state index in [9.17, 15) is 4.39 Å². The van der Waals surface area contributed by atoms with E-state index in [1.54, 1.807) is 12.1 Å². The monoisotopic (exact) mass is 414 g/mol. The van der Waals surface area contributed by atoms with E-state index >= 15 is 0 Å². The molecular weight excluding hydrogens is 379 g/mol. The van der Waals surface area contributed by atoms with Gasteiger partial charge >= 0.3 is 0 Å². The Hall–Kier alpha value is -1.95. The number of benzene rings is 2. The van der Waals surface area contributed by atoms with Crippen molar-refractivity contribution in [1.29, 1.82) is 0 Å². The Morgan fingerprint density at radius 3 is 2.73 bits per heavy atom. The van der Waals surface area contributed by atoms with E-state index in [4.69, 9.17) is 9.84 Å². The average Bonchev–Trinajstić information content (AvgIpc) is 2.77. The van der Waals surface area contributed by atoms with Crippen LogP contribution in [0.25, 0.3) is 0 Å². The molecule has 0 saturated carbocycles. The second kappa shape index (κ2) is 12.0. The summed E-state index contributed by atoms with van der Waals surface area (Å²) in [6, 6.07) is 15.2. The van der Waals surface area contributed by atoms with Crippen molar-refractivity contribution < 1.29 is 14.2 Å². The van der Waals surface area contributed by atoms with E-state index < -0.39 is 0 Å². The van der Waals surface area contributed by atoms with E-state index in [1.165, 1.54) is 24.5 Å². The fraction of sp³-hybridized carbons (Fsp3) is 0.520. The summed E-state index contributed by atoms with van der Waals surface area (Å²) in [7, 11) is 0. The lowest BCUT2D eigenvalue weighted by atomic mass is 9.96. The lowest BCUT2D eigenvalue weighted by Gasteiger charge is -2.35. The number of nitrogens with zero attached hydrogens (tertiary/aromatic N) is 2. The van der Waals surface area contributed by atoms with Crippen molar-refractivity contribution in [2.45, 2.75) is 32.7 Å². The van der Waals surface area contributed by atoms with Gasteiger partial charge in [-0.15, -0.1) is 0 Å². The molecule has 1 aliphatic heterocycles. The van der Waals surface area contributed by atoms with Crippen molar-refractivity contribution in [3.8, 4) is 5.75 Å². The first-order chi connectivity index (χ1) is 14.7. The highest BCUT2D eigenvalue weighted by Crippen LogP contribution is 2.20. The third-order valence-electron chi connectivity index (χ3n) is 5.86. The largest absolute Gasteiger partial charge is 0.491 e. The molecule has 0 aliphatic carbocycles. The first-order valence-corrected chi connectivity index (χ1v) is 11.2. The van der Waals surface area contributed by atoms with Gasteiger partial charge in [0.05, 0.1) is 6.61 Å². The Balaban J connectivity index is 1.46. The van der Waals surface area contributed by atoms with E-state index in [2.05, 4.69) is 28.9 Å². The number of ether oxygens (including phenoxy) is 1. The van der Waals surface area contributed by atoms with Crippen LogP contribution in [0.2, 0.25) is 0 Å². The molecule has 2 aromatic carbocycles. The SMILES string of the molecule is CCN(Cc1ccc(OCCO)cc1)C[C@H]1CCCN(CCc2cccc(F)c2)C1. The molecule has 30 heavy (non-hydrogen) atoms. The van der Waals surface area contributed by atoms with Crippen molar-refractivity contribution in [1.82, 2.24) is 9.80 Å². The van der Waals surface area contributed by atoms with Crippen LogP contribution in [-0.2, 0) is 13.0 Å². The molecule has 3 rings (SSSR count). The smallest absolute Gasteiger partial charge is 0.123 e. The third-order valence-corrected chi connectivity index (χ3v) is 5.86. The van der Waals surface area contributed by atoms with E-state index in [0.29, 0.717) is 12.5 Å². The number of halogens is 1. The van der Waals surface area contributed by atoms with Crippen LogP contribution < -0.4 is 4.74 Å². The minimum absolute atomic E-state index is 0.0337. The summed E-state index contributed by atoms with van der Waals surface area (Å²) in [5, 5.41) is 8.86. The minimum atomic E-state index is -0.143. The molecule has 1 heterocycles. The molecule has 0 aromatic heterocycles. The van der Waals surface area contributed by atoms with Crippen LogP contribution in [0.3, 0.4) is 0 Å². The van der Waals surface area contributed by atoms with E-state index in [0.717, 1.165) is 57.0 Å². The van der Waals surface area contributed by atoms with Crippen molar-refractivity contribution >= 4 is 0 Å². The van der Waals surface area contributed by atoms with Crippen LogP contribution >= 0.6 is 0 Å². The minimum Gasteiger partial charge on any atom is -0.491 e. The Labute approximate surface area is 180 Å². The van der Waals surface area contributed by atoms with Crippen molar-refractivity contribution in [2.75, 3.05) is 45.9 Å². The highest BCUT2D eigenvalue weighted by molar-refractivity contribution is 5.27. The summed E-state index contributed by atoms with van der Waals surface area (Å²) >= 11 is 0. The maximum absolute atomic E-state index is 13.4. The molecule has 0 amide bonds. The second-order valence-corrected chi connectivity index (χ2v) is 8.23. The average molecular weight is 415 g/mol. The van der Waals surface area contributed by atoms with Crippen LogP contribution in [0, 0.1) is 11.7 Å². The molecule has 1 N–H and O–H groups in total. The van der Waals surface area contributed by atoms with Gasteiger partial charge in [-0.25, -0.2) is 4.39 Å². The summed E-state index contributed by atoms with van der Waals surface area (Å²) in [4.78, 5) is 5.06. The molecule has 0 spiro atoms. The van der Waals surface area contributed by atoms with Gasteiger partial charge in [0.1, 0.15) is 18.2 Å². The van der Waals surface area contributed by atoms with Crippen molar-refractivity contribution in [3.05, 3.63) is 65.5 Å².